The highest BCUT2D eigenvalue weighted by atomic mass is 16.3. The van der Waals surface area contributed by atoms with Crippen LogP contribution in [0.3, 0.4) is 0 Å². The average molecular weight is 378 g/mol. The summed E-state index contributed by atoms with van der Waals surface area (Å²) in [5, 5.41) is 1.40. The summed E-state index contributed by atoms with van der Waals surface area (Å²) in [7, 11) is 0. The Bertz CT molecular complexity index is 991. The lowest BCUT2D eigenvalue weighted by Crippen LogP contribution is -2.55. The van der Waals surface area contributed by atoms with Crippen molar-refractivity contribution in [3.63, 3.8) is 0 Å². The zero-order valence-electron chi connectivity index (χ0n) is 17.2. The minimum absolute atomic E-state index is 0.246. The predicted molar refractivity (Wildman–Crippen MR) is 109 cm³/mol. The van der Waals surface area contributed by atoms with E-state index in [9.17, 15) is 9.59 Å². The molecular formula is C23H26N2O3. The quantitative estimate of drug-likeness (QED) is 0.646. The van der Waals surface area contributed by atoms with Crippen LogP contribution in [0.15, 0.2) is 47.1 Å². The van der Waals surface area contributed by atoms with Crippen molar-refractivity contribution in [2.75, 3.05) is 0 Å². The van der Waals surface area contributed by atoms with Crippen molar-refractivity contribution in [1.82, 2.24) is 10.4 Å². The number of benzene rings is 1. The molecule has 1 N–H and O–H groups in total. The lowest BCUT2D eigenvalue weighted by atomic mass is 10.0. The SMILES string of the molecule is Cc1cc(C)cc(C(=O)N(NC(=O)c2ccc3cc(C)occ2-3)C(C)(C)C)c1. The molecule has 0 fully saturated rings. The van der Waals surface area contributed by atoms with Crippen LogP contribution in [0.4, 0.5) is 0 Å². The number of rotatable bonds is 2. The van der Waals surface area contributed by atoms with E-state index in [2.05, 4.69) is 5.43 Å². The molecule has 5 heteroatoms. The number of carbonyl (C=O) groups is 2. The van der Waals surface area contributed by atoms with E-state index in [4.69, 9.17) is 4.42 Å². The van der Waals surface area contributed by atoms with Gasteiger partial charge in [-0.2, -0.15) is 0 Å². The molecule has 1 aromatic carbocycles. The van der Waals surface area contributed by atoms with Crippen molar-refractivity contribution in [2.45, 2.75) is 47.1 Å². The van der Waals surface area contributed by atoms with Gasteiger partial charge in [-0.05, 0) is 71.4 Å². The largest absolute Gasteiger partial charge is 0.469 e. The maximum absolute atomic E-state index is 13.2. The van der Waals surface area contributed by atoms with Gasteiger partial charge in [-0.3, -0.25) is 15.0 Å². The summed E-state index contributed by atoms with van der Waals surface area (Å²) in [6.07, 6.45) is 1.58. The summed E-state index contributed by atoms with van der Waals surface area (Å²) in [4.78, 5) is 26.2. The standard InChI is InChI=1S/C23H26N2O3/c1-14-9-15(2)11-18(10-14)22(27)25(23(4,5)6)24-21(26)19-8-7-17-12-16(3)28-13-20(17)19/h7-13H,1-6H3,(H,24,26). The number of hydrazine groups is 1. The van der Waals surface area contributed by atoms with Crippen LogP contribution in [-0.2, 0) is 0 Å². The summed E-state index contributed by atoms with van der Waals surface area (Å²) in [5.74, 6) is 0.178. The lowest BCUT2D eigenvalue weighted by molar-refractivity contribution is 0.0359. The van der Waals surface area contributed by atoms with E-state index in [0.29, 0.717) is 11.1 Å². The summed E-state index contributed by atoms with van der Waals surface area (Å²) >= 11 is 0. The van der Waals surface area contributed by atoms with Gasteiger partial charge in [-0.1, -0.05) is 23.3 Å². The second-order valence-electron chi connectivity index (χ2n) is 8.24. The van der Waals surface area contributed by atoms with E-state index in [0.717, 1.165) is 28.0 Å². The van der Waals surface area contributed by atoms with E-state index >= 15 is 0 Å². The fourth-order valence-corrected chi connectivity index (χ4v) is 3.28. The van der Waals surface area contributed by atoms with Gasteiger partial charge in [0, 0.05) is 11.1 Å². The maximum atomic E-state index is 13.2. The van der Waals surface area contributed by atoms with E-state index in [1.54, 1.807) is 12.3 Å². The minimum atomic E-state index is -0.603. The Balaban J connectivity index is 1.92. The van der Waals surface area contributed by atoms with Gasteiger partial charge in [-0.25, -0.2) is 5.01 Å². The Morgan fingerprint density at radius 3 is 2.21 bits per heavy atom. The van der Waals surface area contributed by atoms with E-state index in [-0.39, 0.29) is 11.8 Å². The Labute approximate surface area is 165 Å². The first kappa shape index (κ1) is 19.7. The number of carbonyl (C=O) groups excluding carboxylic acids is 2. The molecule has 0 aromatic heterocycles. The van der Waals surface area contributed by atoms with Crippen LogP contribution in [0, 0.1) is 20.8 Å². The first-order valence-electron chi connectivity index (χ1n) is 9.28. The first-order valence-corrected chi connectivity index (χ1v) is 9.28. The molecule has 146 valence electrons. The molecule has 0 saturated carbocycles. The van der Waals surface area contributed by atoms with Gasteiger partial charge in [0.15, 0.2) is 0 Å². The second kappa shape index (κ2) is 7.15. The monoisotopic (exact) mass is 378 g/mol. The van der Waals surface area contributed by atoms with Crippen molar-refractivity contribution in [1.29, 1.82) is 0 Å². The number of fused-ring (bicyclic) bond motifs is 1. The third kappa shape index (κ3) is 3.93. The Kier molecular flexibility index (Phi) is 5.02. The van der Waals surface area contributed by atoms with E-state index in [1.807, 2.05) is 71.9 Å². The highest BCUT2D eigenvalue weighted by Gasteiger charge is 2.31. The molecule has 0 atom stereocenters. The highest BCUT2D eigenvalue weighted by molar-refractivity contribution is 6.04. The molecule has 1 aliphatic heterocycles. The van der Waals surface area contributed by atoms with Gasteiger partial charge >= 0.3 is 0 Å². The maximum Gasteiger partial charge on any atom is 0.272 e. The number of aryl methyl sites for hydroxylation is 3. The molecular weight excluding hydrogens is 352 g/mol. The fourth-order valence-electron chi connectivity index (χ4n) is 3.28. The summed E-state index contributed by atoms with van der Waals surface area (Å²) in [6, 6.07) is 11.2. The topological polar surface area (TPSA) is 62.6 Å². The first-order chi connectivity index (χ1) is 13.1. The predicted octanol–water partition coefficient (Wildman–Crippen LogP) is 4.90. The van der Waals surface area contributed by atoms with Crippen molar-refractivity contribution in [3.8, 4) is 11.1 Å². The fraction of sp³-hybridized carbons (Fsp3) is 0.304. The van der Waals surface area contributed by atoms with Crippen LogP contribution in [0.5, 0.6) is 0 Å². The van der Waals surface area contributed by atoms with Crippen LogP contribution in [0.25, 0.3) is 11.1 Å². The zero-order valence-corrected chi connectivity index (χ0v) is 17.2. The number of nitrogens with one attached hydrogen (secondary N) is 1. The summed E-state index contributed by atoms with van der Waals surface area (Å²) < 4.78 is 5.44. The number of hydrogen-bond acceptors (Lipinski definition) is 3. The number of hydrogen-bond donors (Lipinski definition) is 1. The Morgan fingerprint density at radius 2 is 1.61 bits per heavy atom. The van der Waals surface area contributed by atoms with Gasteiger partial charge < -0.3 is 4.42 Å². The van der Waals surface area contributed by atoms with Crippen LogP contribution < -0.4 is 5.43 Å². The summed E-state index contributed by atoms with van der Waals surface area (Å²) in [5.41, 5.74) is 6.87. The highest BCUT2D eigenvalue weighted by Crippen LogP contribution is 2.29. The van der Waals surface area contributed by atoms with Gasteiger partial charge in [0.25, 0.3) is 11.8 Å². The molecule has 2 amide bonds. The Hall–Kier alpha value is -3.08. The molecule has 28 heavy (non-hydrogen) atoms. The van der Waals surface area contributed by atoms with Crippen LogP contribution in [0.1, 0.15) is 58.4 Å². The molecule has 5 nitrogen and oxygen atoms in total. The number of nitrogens with zero attached hydrogens (tertiary/aromatic N) is 1. The third-order valence-corrected chi connectivity index (χ3v) is 4.55. The normalized spacial score (nSPS) is 11.5. The molecule has 0 bridgehead atoms. The van der Waals surface area contributed by atoms with Crippen molar-refractivity contribution in [3.05, 3.63) is 70.7 Å². The van der Waals surface area contributed by atoms with Gasteiger partial charge in [0.1, 0.15) is 5.76 Å². The van der Waals surface area contributed by atoms with Crippen LogP contribution in [-0.4, -0.2) is 22.4 Å². The second-order valence-corrected chi connectivity index (χ2v) is 8.24. The van der Waals surface area contributed by atoms with Gasteiger partial charge in [-0.15, -0.1) is 0 Å². The van der Waals surface area contributed by atoms with Crippen LogP contribution >= 0.6 is 0 Å². The molecule has 2 aliphatic rings. The lowest BCUT2D eigenvalue weighted by Gasteiger charge is -2.35. The molecule has 0 saturated heterocycles. The molecule has 1 aromatic rings. The zero-order chi connectivity index (χ0) is 20.6. The summed E-state index contributed by atoms with van der Waals surface area (Å²) in [6.45, 7) is 11.4. The van der Waals surface area contributed by atoms with Crippen LogP contribution in [0.2, 0.25) is 0 Å². The number of amides is 2. The molecule has 1 aliphatic carbocycles. The molecule has 0 unspecified atom stereocenters. The van der Waals surface area contributed by atoms with Gasteiger partial charge in [0.05, 0.1) is 17.4 Å². The van der Waals surface area contributed by atoms with Crippen molar-refractivity contribution < 1.29 is 14.0 Å². The Morgan fingerprint density at radius 1 is 0.964 bits per heavy atom. The smallest absolute Gasteiger partial charge is 0.272 e. The molecule has 1 heterocycles. The van der Waals surface area contributed by atoms with Crippen molar-refractivity contribution in [2.24, 2.45) is 0 Å². The average Bonchev–Trinajstić information content (AvgIpc) is 3.00. The molecule has 0 radical (unpaired) electrons. The van der Waals surface area contributed by atoms with E-state index in [1.165, 1.54) is 5.01 Å². The van der Waals surface area contributed by atoms with E-state index < -0.39 is 5.54 Å². The third-order valence-electron chi connectivity index (χ3n) is 4.55. The molecule has 0 spiro atoms. The minimum Gasteiger partial charge on any atom is -0.469 e. The van der Waals surface area contributed by atoms with Crippen molar-refractivity contribution >= 4 is 11.8 Å². The molecule has 3 rings (SSSR count). The van der Waals surface area contributed by atoms with Gasteiger partial charge in [0.2, 0.25) is 0 Å².